The van der Waals surface area contributed by atoms with E-state index >= 15 is 0 Å². The van der Waals surface area contributed by atoms with Gasteiger partial charge in [0, 0.05) is 20.3 Å². The second kappa shape index (κ2) is 14.2. The quantitative estimate of drug-likeness (QED) is 0.181. The highest BCUT2D eigenvalue weighted by atomic mass is 31.2. The van der Waals surface area contributed by atoms with Crippen molar-refractivity contribution in [2.24, 2.45) is 0 Å². The standard InChI is InChI=1S/C11H26O12P2/c1-18-3-2-4-19-5-6-20-7-8-21-9-11(23-25(15,16)17)10-22-24(12,13)14/h11H,2-10H2,1H3,(H2,12,13,14)(H2,15,16,17). The predicted molar refractivity (Wildman–Crippen MR) is 83.9 cm³/mol. The van der Waals surface area contributed by atoms with Crippen LogP contribution in [0.4, 0.5) is 0 Å². The molecule has 0 aliphatic heterocycles. The molecule has 152 valence electrons. The van der Waals surface area contributed by atoms with Crippen LogP contribution in [0.2, 0.25) is 0 Å². The van der Waals surface area contributed by atoms with Gasteiger partial charge in [-0.3, -0.25) is 9.05 Å². The molecule has 12 nitrogen and oxygen atoms in total. The van der Waals surface area contributed by atoms with E-state index in [1.165, 1.54) is 0 Å². The Morgan fingerprint density at radius 2 is 1.32 bits per heavy atom. The van der Waals surface area contributed by atoms with Crippen molar-refractivity contribution in [3.05, 3.63) is 0 Å². The van der Waals surface area contributed by atoms with Gasteiger partial charge < -0.3 is 38.5 Å². The maximum Gasteiger partial charge on any atom is 0.470 e. The van der Waals surface area contributed by atoms with Crippen LogP contribution in [0.3, 0.4) is 0 Å². The largest absolute Gasteiger partial charge is 0.470 e. The summed E-state index contributed by atoms with van der Waals surface area (Å²) in [5.41, 5.74) is 0. The molecule has 0 aliphatic rings. The van der Waals surface area contributed by atoms with Crippen molar-refractivity contribution in [3.8, 4) is 0 Å². The summed E-state index contributed by atoms with van der Waals surface area (Å²) in [6, 6.07) is 0. The third kappa shape index (κ3) is 20.2. The average Bonchev–Trinajstić information content (AvgIpc) is 2.48. The van der Waals surface area contributed by atoms with Crippen LogP contribution < -0.4 is 0 Å². The minimum atomic E-state index is -4.86. The lowest BCUT2D eigenvalue weighted by atomic mass is 10.4. The minimum Gasteiger partial charge on any atom is -0.385 e. The summed E-state index contributed by atoms with van der Waals surface area (Å²) in [7, 11) is -8.04. The first-order chi connectivity index (χ1) is 11.6. The Hall–Kier alpha value is 0.0600. The molecule has 0 aliphatic carbocycles. The number of hydrogen-bond acceptors (Lipinski definition) is 8. The monoisotopic (exact) mass is 412 g/mol. The summed E-state index contributed by atoms with van der Waals surface area (Å²) in [4.78, 5) is 34.6. The lowest BCUT2D eigenvalue weighted by Gasteiger charge is -2.18. The maximum absolute atomic E-state index is 10.8. The Morgan fingerprint density at radius 1 is 0.760 bits per heavy atom. The molecule has 0 spiro atoms. The Labute approximate surface area is 145 Å². The molecule has 0 bridgehead atoms. The average molecular weight is 412 g/mol. The minimum absolute atomic E-state index is 0.0839. The van der Waals surface area contributed by atoms with Crippen LogP contribution in [-0.2, 0) is 37.1 Å². The fourth-order valence-electron chi connectivity index (χ4n) is 1.44. The summed E-state index contributed by atoms with van der Waals surface area (Å²) in [5, 5.41) is 0. The maximum atomic E-state index is 10.8. The van der Waals surface area contributed by atoms with Crippen LogP contribution in [0, 0.1) is 0 Å². The van der Waals surface area contributed by atoms with Gasteiger partial charge in [0.25, 0.3) is 0 Å². The molecule has 0 aromatic heterocycles. The topological polar surface area (TPSA) is 170 Å². The number of hydrogen-bond donors (Lipinski definition) is 4. The molecule has 0 rings (SSSR count). The Bertz CT molecular complexity index is 408. The van der Waals surface area contributed by atoms with Crippen molar-refractivity contribution < 1.29 is 56.7 Å². The van der Waals surface area contributed by atoms with Gasteiger partial charge in [0.15, 0.2) is 0 Å². The summed E-state index contributed by atoms with van der Waals surface area (Å²) >= 11 is 0. The molecule has 25 heavy (non-hydrogen) atoms. The zero-order valence-corrected chi connectivity index (χ0v) is 15.7. The highest BCUT2D eigenvalue weighted by Crippen LogP contribution is 2.40. The molecular weight excluding hydrogens is 386 g/mol. The van der Waals surface area contributed by atoms with Crippen LogP contribution in [0.5, 0.6) is 0 Å². The third-order valence-electron chi connectivity index (χ3n) is 2.40. The summed E-state index contributed by atoms with van der Waals surface area (Å²) in [6.07, 6.45) is -0.561. The summed E-state index contributed by atoms with van der Waals surface area (Å²) < 4.78 is 50.3. The SMILES string of the molecule is COCCCOCCOCCOCC(COP(=O)(O)O)OP(=O)(O)O. The molecule has 4 N–H and O–H groups in total. The highest BCUT2D eigenvalue weighted by molar-refractivity contribution is 7.46. The van der Waals surface area contributed by atoms with Gasteiger partial charge >= 0.3 is 15.6 Å². The van der Waals surface area contributed by atoms with Crippen molar-refractivity contribution in [3.63, 3.8) is 0 Å². The molecule has 1 atom stereocenters. The van der Waals surface area contributed by atoms with Gasteiger partial charge in [0.1, 0.15) is 6.10 Å². The van der Waals surface area contributed by atoms with Crippen LogP contribution >= 0.6 is 15.6 Å². The van der Waals surface area contributed by atoms with E-state index in [4.69, 9.17) is 38.5 Å². The van der Waals surface area contributed by atoms with Crippen LogP contribution in [0.25, 0.3) is 0 Å². The first-order valence-corrected chi connectivity index (χ1v) is 10.4. The first-order valence-electron chi connectivity index (χ1n) is 7.30. The second-order valence-corrected chi connectivity index (χ2v) is 7.08. The van der Waals surface area contributed by atoms with Crippen molar-refractivity contribution in [2.45, 2.75) is 12.5 Å². The molecule has 0 amide bonds. The second-order valence-electron chi connectivity index (χ2n) is 4.65. The highest BCUT2D eigenvalue weighted by Gasteiger charge is 2.25. The molecule has 0 radical (unpaired) electrons. The lowest BCUT2D eigenvalue weighted by Crippen LogP contribution is -2.25. The van der Waals surface area contributed by atoms with Gasteiger partial charge in [-0.05, 0) is 6.42 Å². The molecule has 0 saturated carbocycles. The molecule has 0 heterocycles. The fraction of sp³-hybridized carbons (Fsp3) is 1.00. The molecular formula is C11H26O12P2. The van der Waals surface area contributed by atoms with Crippen molar-refractivity contribution in [1.82, 2.24) is 0 Å². The Balaban J connectivity index is 3.76. The van der Waals surface area contributed by atoms with E-state index in [2.05, 4.69) is 9.05 Å². The Morgan fingerprint density at radius 3 is 1.84 bits per heavy atom. The lowest BCUT2D eigenvalue weighted by molar-refractivity contribution is -0.0228. The van der Waals surface area contributed by atoms with Crippen molar-refractivity contribution in [2.75, 3.05) is 60.0 Å². The number of phosphoric acid groups is 2. The molecule has 0 aromatic carbocycles. The van der Waals surface area contributed by atoms with E-state index in [1.807, 2.05) is 0 Å². The molecule has 0 fully saturated rings. The van der Waals surface area contributed by atoms with Crippen molar-refractivity contribution >= 4 is 15.6 Å². The van der Waals surface area contributed by atoms with Gasteiger partial charge in [-0.2, -0.15) is 0 Å². The van der Waals surface area contributed by atoms with Crippen LogP contribution in [-0.4, -0.2) is 85.6 Å². The van der Waals surface area contributed by atoms with Gasteiger partial charge in [-0.15, -0.1) is 0 Å². The van der Waals surface area contributed by atoms with Crippen LogP contribution in [0.15, 0.2) is 0 Å². The van der Waals surface area contributed by atoms with E-state index in [0.29, 0.717) is 26.4 Å². The molecule has 14 heteroatoms. The van der Waals surface area contributed by atoms with Gasteiger partial charge in [0.05, 0.1) is 39.6 Å². The van der Waals surface area contributed by atoms with Gasteiger partial charge in [0.2, 0.25) is 0 Å². The van der Waals surface area contributed by atoms with Gasteiger partial charge in [-0.1, -0.05) is 0 Å². The van der Waals surface area contributed by atoms with Crippen molar-refractivity contribution in [1.29, 1.82) is 0 Å². The number of phosphoric ester groups is 2. The van der Waals surface area contributed by atoms with Gasteiger partial charge in [-0.25, -0.2) is 9.13 Å². The molecule has 0 saturated heterocycles. The summed E-state index contributed by atoms with van der Waals surface area (Å²) in [6.45, 7) is 1.13. The predicted octanol–water partition coefficient (Wildman–Crippen LogP) is -0.340. The molecule has 0 aromatic rings. The van der Waals surface area contributed by atoms with E-state index in [9.17, 15) is 9.13 Å². The summed E-state index contributed by atoms with van der Waals surface area (Å²) in [5.74, 6) is 0. The zero-order chi connectivity index (χ0) is 19.2. The normalized spacial score (nSPS) is 14.0. The number of methoxy groups -OCH3 is 1. The fourth-order valence-corrected chi connectivity index (χ4v) is 2.31. The smallest absolute Gasteiger partial charge is 0.385 e. The zero-order valence-electron chi connectivity index (χ0n) is 13.9. The first kappa shape index (κ1) is 25.1. The number of ether oxygens (including phenoxy) is 4. The van der Waals surface area contributed by atoms with Crippen LogP contribution in [0.1, 0.15) is 6.42 Å². The van der Waals surface area contributed by atoms with E-state index < -0.39 is 28.4 Å². The van der Waals surface area contributed by atoms with E-state index in [-0.39, 0.29) is 19.8 Å². The third-order valence-corrected chi connectivity index (χ3v) is 3.46. The number of rotatable bonds is 17. The van der Waals surface area contributed by atoms with E-state index in [0.717, 1.165) is 6.42 Å². The Kier molecular flexibility index (Phi) is 14.2. The molecule has 1 unspecified atom stereocenters. The van der Waals surface area contributed by atoms with E-state index in [1.54, 1.807) is 7.11 Å².